The van der Waals surface area contributed by atoms with E-state index in [0.29, 0.717) is 0 Å². The number of hydrogen-bond donors (Lipinski definition) is 2. The van der Waals surface area contributed by atoms with Gasteiger partial charge >= 0.3 is 12.1 Å². The molecule has 0 spiro atoms. The minimum absolute atomic E-state index is 0.00843. The molecule has 2 heterocycles. The summed E-state index contributed by atoms with van der Waals surface area (Å²) in [7, 11) is 0. The Hall–Kier alpha value is -5.86. The summed E-state index contributed by atoms with van der Waals surface area (Å²) >= 11 is 0. The summed E-state index contributed by atoms with van der Waals surface area (Å²) in [6.45, 7) is 0.261. The van der Waals surface area contributed by atoms with Gasteiger partial charge in [-0.2, -0.15) is 13.2 Å². The Morgan fingerprint density at radius 1 is 0.453 bits per heavy atom. The van der Waals surface area contributed by atoms with Crippen LogP contribution < -0.4 is 5.32 Å². The molecule has 0 saturated carbocycles. The van der Waals surface area contributed by atoms with Crippen molar-refractivity contribution in [3.8, 4) is 0 Å². The summed E-state index contributed by atoms with van der Waals surface area (Å²) in [5.74, 6) is -2.05. The van der Waals surface area contributed by atoms with Crippen LogP contribution in [0.3, 0.4) is 0 Å². The van der Waals surface area contributed by atoms with Crippen molar-refractivity contribution in [2.45, 2.75) is 114 Å². The molecule has 16 heteroatoms. The normalized spacial score (nSPS) is 23.9. The highest BCUT2D eigenvalue weighted by molar-refractivity contribution is 5.81. The predicted molar refractivity (Wildman–Crippen MR) is 270 cm³/mol. The Morgan fingerprint density at radius 2 is 0.813 bits per heavy atom. The molecular weight excluding hydrogens is 972 g/mol. The predicted octanol–water partition coefficient (Wildman–Crippen LogP) is 9.04. The summed E-state index contributed by atoms with van der Waals surface area (Å²) in [6.07, 6.45) is -16.0. The molecule has 0 aromatic heterocycles. The minimum atomic E-state index is -5.04. The molecule has 0 radical (unpaired) electrons. The first kappa shape index (κ1) is 55.4. The van der Waals surface area contributed by atoms with Crippen LogP contribution in [0.25, 0.3) is 0 Å². The van der Waals surface area contributed by atoms with Gasteiger partial charge in [0.25, 0.3) is 0 Å². The maximum absolute atomic E-state index is 13.1. The van der Waals surface area contributed by atoms with Gasteiger partial charge in [0.1, 0.15) is 48.8 Å². The van der Waals surface area contributed by atoms with Crippen molar-refractivity contribution in [1.82, 2.24) is 5.32 Å². The molecule has 2 fully saturated rings. The lowest BCUT2D eigenvalue weighted by molar-refractivity contribution is -0.375. The van der Waals surface area contributed by atoms with Gasteiger partial charge in [0.15, 0.2) is 12.6 Å². The molecule has 2 aliphatic heterocycles. The van der Waals surface area contributed by atoms with E-state index in [4.69, 9.17) is 47.4 Å². The number of alkyl halides is 3. The maximum atomic E-state index is 13.1. The van der Waals surface area contributed by atoms with Crippen molar-refractivity contribution in [1.29, 1.82) is 0 Å². The van der Waals surface area contributed by atoms with Gasteiger partial charge in [-0.15, -0.1) is 0 Å². The van der Waals surface area contributed by atoms with E-state index in [2.05, 4.69) is 0 Å². The largest absolute Gasteiger partial charge is 0.471 e. The van der Waals surface area contributed by atoms with Gasteiger partial charge in [0, 0.05) is 6.54 Å². The average Bonchev–Trinajstić information content (AvgIpc) is 3.45. The number of benzene rings is 6. The van der Waals surface area contributed by atoms with Gasteiger partial charge in [-0.25, -0.2) is 0 Å². The van der Waals surface area contributed by atoms with E-state index in [1.54, 1.807) is 0 Å². The number of hydrogen-bond acceptors (Lipinski definition) is 12. The van der Waals surface area contributed by atoms with Crippen LogP contribution in [-0.4, -0.2) is 105 Å². The quantitative estimate of drug-likeness (QED) is 0.0476. The molecule has 398 valence electrons. The second kappa shape index (κ2) is 28.9. The molecular formula is C59H64F3NO12. The van der Waals surface area contributed by atoms with Gasteiger partial charge < -0.3 is 57.8 Å². The zero-order chi connectivity index (χ0) is 52.1. The van der Waals surface area contributed by atoms with E-state index in [-0.39, 0.29) is 72.4 Å². The lowest BCUT2D eigenvalue weighted by atomic mass is 9.96. The summed E-state index contributed by atoms with van der Waals surface area (Å²) in [6, 6.07) is 57.4. The number of amides is 1. The molecule has 6 aromatic rings. The summed E-state index contributed by atoms with van der Waals surface area (Å²) in [4.78, 5) is 11.7. The van der Waals surface area contributed by atoms with E-state index >= 15 is 0 Å². The van der Waals surface area contributed by atoms with Crippen LogP contribution in [0.1, 0.15) is 39.8 Å². The first-order chi connectivity index (χ1) is 36.7. The Bertz CT molecular complexity index is 2520. The molecule has 75 heavy (non-hydrogen) atoms. The SMILES string of the molecule is O=C(NCCCO[C@@H]1O[C@@H](COCc2ccccc2)[C@@H](O[C@@H]2OC(COCc3ccccc3)[C@H](O)[C@@H](OCc3ccccc3)C2OCc2ccccc2)C(OCc2ccccc2)C1OCc1ccccc1)C(F)(F)F. The van der Waals surface area contributed by atoms with Crippen molar-refractivity contribution in [2.24, 2.45) is 0 Å². The molecule has 2 saturated heterocycles. The topological polar surface area (TPSA) is 142 Å². The van der Waals surface area contributed by atoms with E-state index in [9.17, 15) is 23.1 Å². The molecule has 8 rings (SSSR count). The Labute approximate surface area is 435 Å². The van der Waals surface area contributed by atoms with Crippen LogP contribution in [0.4, 0.5) is 13.2 Å². The molecule has 2 N–H and O–H groups in total. The average molecular weight is 1040 g/mol. The number of halogens is 3. The van der Waals surface area contributed by atoms with Crippen LogP contribution in [-0.2, 0) is 91.8 Å². The number of carbonyl (C=O) groups is 1. The highest BCUT2D eigenvalue weighted by Gasteiger charge is 2.54. The highest BCUT2D eigenvalue weighted by atomic mass is 19.4. The number of aliphatic hydroxyl groups is 1. The van der Waals surface area contributed by atoms with Gasteiger partial charge in [-0.1, -0.05) is 182 Å². The zero-order valence-corrected chi connectivity index (χ0v) is 41.4. The van der Waals surface area contributed by atoms with Gasteiger partial charge in [0.05, 0.1) is 59.5 Å². The highest BCUT2D eigenvalue weighted by Crippen LogP contribution is 2.36. The third-order valence-corrected chi connectivity index (χ3v) is 12.6. The smallest absolute Gasteiger partial charge is 0.387 e. The molecule has 0 bridgehead atoms. The summed E-state index contributed by atoms with van der Waals surface area (Å²) in [5.41, 5.74) is 5.21. The number of carbonyl (C=O) groups excluding carboxylic acids is 1. The van der Waals surface area contributed by atoms with Crippen molar-refractivity contribution in [3.05, 3.63) is 215 Å². The number of aliphatic hydroxyl groups excluding tert-OH is 1. The molecule has 2 aliphatic rings. The fourth-order valence-electron chi connectivity index (χ4n) is 8.71. The molecule has 13 nitrogen and oxygen atoms in total. The van der Waals surface area contributed by atoms with Crippen LogP contribution in [0.15, 0.2) is 182 Å². The lowest BCUT2D eigenvalue weighted by Gasteiger charge is -2.49. The Kier molecular flexibility index (Phi) is 21.3. The van der Waals surface area contributed by atoms with E-state index < -0.39 is 73.5 Å². The van der Waals surface area contributed by atoms with Crippen LogP contribution in [0.5, 0.6) is 0 Å². The molecule has 4 unspecified atom stereocenters. The zero-order valence-electron chi connectivity index (χ0n) is 41.4. The van der Waals surface area contributed by atoms with Crippen molar-refractivity contribution in [3.63, 3.8) is 0 Å². The van der Waals surface area contributed by atoms with E-state index in [1.165, 1.54) is 0 Å². The second-order valence-corrected chi connectivity index (χ2v) is 18.2. The first-order valence-electron chi connectivity index (χ1n) is 25.1. The second-order valence-electron chi connectivity index (χ2n) is 18.2. The fourth-order valence-corrected chi connectivity index (χ4v) is 8.71. The maximum Gasteiger partial charge on any atom is 0.471 e. The van der Waals surface area contributed by atoms with E-state index in [0.717, 1.165) is 33.4 Å². The van der Waals surface area contributed by atoms with E-state index in [1.807, 2.05) is 187 Å². The van der Waals surface area contributed by atoms with Crippen molar-refractivity contribution < 1.29 is 70.4 Å². The van der Waals surface area contributed by atoms with Crippen molar-refractivity contribution in [2.75, 3.05) is 26.4 Å². The summed E-state index contributed by atoms with van der Waals surface area (Å²) in [5, 5.41) is 14.2. The Morgan fingerprint density at radius 3 is 1.24 bits per heavy atom. The fraction of sp³-hybridized carbons (Fsp3) is 0.373. The monoisotopic (exact) mass is 1040 g/mol. The standard InChI is InChI=1S/C59H64F3NO12/c60-59(61,62)58(65)63-32-19-33-68-56-55(72-39-47-30-17-6-18-31-47)53(70-37-45-26-13-4-14-27-45)51(49(74-56)41-67-35-43-22-9-2-10-23-43)75-57-54(71-38-46-28-15-5-16-29-46)52(69-36-44-24-11-3-12-25-44)50(64)48(73-57)40-66-34-42-20-7-1-8-21-42/h1-18,20-31,48-57,64H,19,32-41H2,(H,63,65)/t48?,49-,50-,51+,52+,53?,54?,55?,56+,57-/m0/s1. The molecule has 10 atom stereocenters. The Balaban J connectivity index is 1.16. The van der Waals surface area contributed by atoms with Gasteiger partial charge in [0.2, 0.25) is 0 Å². The van der Waals surface area contributed by atoms with Crippen molar-refractivity contribution >= 4 is 5.91 Å². The number of rotatable bonds is 27. The minimum Gasteiger partial charge on any atom is -0.387 e. The van der Waals surface area contributed by atoms with Gasteiger partial charge in [-0.3, -0.25) is 4.79 Å². The third kappa shape index (κ3) is 17.1. The first-order valence-corrected chi connectivity index (χ1v) is 25.1. The van der Waals surface area contributed by atoms with Crippen LogP contribution in [0.2, 0.25) is 0 Å². The lowest BCUT2D eigenvalue weighted by Crippen LogP contribution is -2.66. The number of nitrogens with one attached hydrogen (secondary N) is 1. The molecule has 1 amide bonds. The summed E-state index contributed by atoms with van der Waals surface area (Å²) < 4.78 is 106. The van der Waals surface area contributed by atoms with Crippen LogP contribution in [0, 0.1) is 0 Å². The number of ether oxygens (including phenoxy) is 10. The molecule has 6 aromatic carbocycles. The molecule has 0 aliphatic carbocycles. The van der Waals surface area contributed by atoms with Crippen LogP contribution >= 0.6 is 0 Å². The third-order valence-electron chi connectivity index (χ3n) is 12.6. The van der Waals surface area contributed by atoms with Gasteiger partial charge in [-0.05, 0) is 39.8 Å².